The highest BCUT2D eigenvalue weighted by Gasteiger charge is 2.17. The molecule has 0 aliphatic carbocycles. The highest BCUT2D eigenvalue weighted by molar-refractivity contribution is 5.89. The van der Waals surface area contributed by atoms with E-state index in [1.165, 1.54) is 0 Å². The summed E-state index contributed by atoms with van der Waals surface area (Å²) in [7, 11) is 0. The van der Waals surface area contributed by atoms with Gasteiger partial charge in [-0.3, -0.25) is 4.57 Å². The number of primary amides is 1. The van der Waals surface area contributed by atoms with Crippen molar-refractivity contribution in [3.8, 4) is 0 Å². The quantitative estimate of drug-likeness (QED) is 0.813. The van der Waals surface area contributed by atoms with Crippen molar-refractivity contribution in [1.29, 1.82) is 0 Å². The molecule has 2 aromatic rings. The monoisotopic (exact) mass is 233 g/mol. The number of carbonyl (C=O) groups is 1. The van der Waals surface area contributed by atoms with E-state index < -0.39 is 6.03 Å². The molecule has 1 aromatic carbocycles. The van der Waals surface area contributed by atoms with Gasteiger partial charge in [-0.2, -0.15) is 0 Å². The zero-order valence-corrected chi connectivity index (χ0v) is 10.1. The molecule has 0 fully saturated rings. The summed E-state index contributed by atoms with van der Waals surface area (Å²) < 4.78 is 2.59. The smallest absolute Gasteiger partial charge is 0.337 e. The molecule has 2 N–H and O–H groups in total. The van der Waals surface area contributed by atoms with Gasteiger partial charge in [-0.25, -0.2) is 14.2 Å². The van der Waals surface area contributed by atoms with Crippen LogP contribution in [0.5, 0.6) is 0 Å². The van der Waals surface area contributed by atoms with E-state index in [-0.39, 0.29) is 11.7 Å². The van der Waals surface area contributed by atoms with Gasteiger partial charge in [0.05, 0.1) is 11.0 Å². The number of imidazole rings is 1. The third kappa shape index (κ3) is 1.63. The van der Waals surface area contributed by atoms with Crippen molar-refractivity contribution in [3.05, 3.63) is 34.2 Å². The summed E-state index contributed by atoms with van der Waals surface area (Å²) in [6.07, 6.45) is 0. The number of hydrogen-bond donors (Lipinski definition) is 1. The third-order valence-electron chi connectivity index (χ3n) is 2.77. The largest absolute Gasteiger partial charge is 0.351 e. The summed E-state index contributed by atoms with van der Waals surface area (Å²) in [5.74, 6) is 0. The summed E-state index contributed by atoms with van der Waals surface area (Å²) in [5.41, 5.74) is 7.19. The molecule has 90 valence electrons. The Morgan fingerprint density at radius 2 is 1.94 bits per heavy atom. The van der Waals surface area contributed by atoms with E-state index in [0.29, 0.717) is 5.52 Å². The van der Waals surface area contributed by atoms with E-state index >= 15 is 0 Å². The number of nitrogens with two attached hydrogens (primary N) is 1. The summed E-state index contributed by atoms with van der Waals surface area (Å²) in [6, 6.07) is 4.72. The van der Waals surface area contributed by atoms with Gasteiger partial charge in [-0.1, -0.05) is 6.07 Å². The number of carbonyl (C=O) groups excluding carboxylic acids is 1. The Balaban J connectivity index is 2.99. The van der Waals surface area contributed by atoms with E-state index in [0.717, 1.165) is 15.6 Å². The topological polar surface area (TPSA) is 70.0 Å². The molecule has 0 atom stereocenters. The number of fused-ring (bicyclic) bond motifs is 1. The predicted molar refractivity (Wildman–Crippen MR) is 66.3 cm³/mol. The second-order valence-corrected chi connectivity index (χ2v) is 4.41. The van der Waals surface area contributed by atoms with Crippen molar-refractivity contribution in [1.82, 2.24) is 9.13 Å². The van der Waals surface area contributed by atoms with Crippen LogP contribution in [0.4, 0.5) is 4.79 Å². The van der Waals surface area contributed by atoms with Crippen molar-refractivity contribution < 1.29 is 4.79 Å². The molecule has 0 aliphatic rings. The number of aryl methyl sites for hydroxylation is 1. The van der Waals surface area contributed by atoms with Crippen LogP contribution in [0.15, 0.2) is 23.0 Å². The van der Waals surface area contributed by atoms with Crippen molar-refractivity contribution in [3.63, 3.8) is 0 Å². The minimum atomic E-state index is -0.747. The Labute approximate surface area is 98.4 Å². The van der Waals surface area contributed by atoms with Gasteiger partial charge < -0.3 is 5.73 Å². The lowest BCUT2D eigenvalue weighted by Crippen LogP contribution is -2.33. The number of rotatable bonds is 1. The Morgan fingerprint density at radius 1 is 1.29 bits per heavy atom. The average Bonchev–Trinajstić information content (AvgIpc) is 2.48. The number of nitrogens with zero attached hydrogens (tertiary/aromatic N) is 2. The van der Waals surface area contributed by atoms with Crippen LogP contribution in [-0.4, -0.2) is 15.2 Å². The van der Waals surface area contributed by atoms with Crippen LogP contribution in [0.2, 0.25) is 0 Å². The first-order chi connectivity index (χ1) is 7.93. The zero-order chi connectivity index (χ0) is 12.7. The van der Waals surface area contributed by atoms with Crippen LogP contribution in [0.3, 0.4) is 0 Å². The van der Waals surface area contributed by atoms with Crippen molar-refractivity contribution in [2.75, 3.05) is 0 Å². The molecule has 2 rings (SSSR count). The summed E-state index contributed by atoms with van der Waals surface area (Å²) in [6.45, 7) is 5.74. The average molecular weight is 233 g/mol. The van der Waals surface area contributed by atoms with Crippen LogP contribution in [0.1, 0.15) is 25.5 Å². The third-order valence-corrected chi connectivity index (χ3v) is 2.77. The highest BCUT2D eigenvalue weighted by Crippen LogP contribution is 2.18. The van der Waals surface area contributed by atoms with Crippen molar-refractivity contribution in [2.24, 2.45) is 5.73 Å². The summed E-state index contributed by atoms with van der Waals surface area (Å²) in [5, 5.41) is 0. The molecule has 1 aromatic heterocycles. The Hall–Kier alpha value is -2.04. The van der Waals surface area contributed by atoms with Crippen LogP contribution in [-0.2, 0) is 0 Å². The molecule has 0 saturated heterocycles. The molecule has 1 amide bonds. The van der Waals surface area contributed by atoms with Gasteiger partial charge in [0.15, 0.2) is 0 Å². The maximum absolute atomic E-state index is 12.1. The molecule has 5 nitrogen and oxygen atoms in total. The fourth-order valence-corrected chi connectivity index (χ4v) is 2.04. The van der Waals surface area contributed by atoms with Crippen LogP contribution < -0.4 is 11.4 Å². The lowest BCUT2D eigenvalue weighted by Gasteiger charge is -2.06. The lowest BCUT2D eigenvalue weighted by atomic mass is 10.2. The maximum Gasteiger partial charge on any atom is 0.337 e. The van der Waals surface area contributed by atoms with E-state index in [1.54, 1.807) is 10.6 Å². The molecular weight excluding hydrogens is 218 g/mol. The number of benzene rings is 1. The molecule has 0 spiro atoms. The summed E-state index contributed by atoms with van der Waals surface area (Å²) >= 11 is 0. The second kappa shape index (κ2) is 3.76. The molecule has 1 heterocycles. The van der Waals surface area contributed by atoms with Crippen LogP contribution >= 0.6 is 0 Å². The van der Waals surface area contributed by atoms with E-state index in [4.69, 9.17) is 5.73 Å². The van der Waals surface area contributed by atoms with E-state index in [1.807, 2.05) is 32.9 Å². The molecule has 0 aliphatic heterocycles. The normalized spacial score (nSPS) is 11.3. The van der Waals surface area contributed by atoms with E-state index in [9.17, 15) is 9.59 Å². The SMILES string of the molecule is Cc1ccc2c(c1)n(C(C)C)c(=O)n2C(N)=O. The first-order valence-electron chi connectivity index (χ1n) is 5.47. The van der Waals surface area contributed by atoms with Crippen LogP contribution in [0, 0.1) is 6.92 Å². The first-order valence-corrected chi connectivity index (χ1v) is 5.47. The molecular formula is C12H15N3O2. The van der Waals surface area contributed by atoms with Gasteiger partial charge in [-0.05, 0) is 38.5 Å². The minimum absolute atomic E-state index is 0.0209. The van der Waals surface area contributed by atoms with E-state index in [2.05, 4.69) is 0 Å². The standard InChI is InChI=1S/C12H15N3O2/c1-7(2)14-10-6-8(3)4-5-9(10)15(11(13)16)12(14)17/h4-7H,1-3H3,(H2,13,16). The molecule has 0 radical (unpaired) electrons. The first kappa shape index (κ1) is 11.4. The Morgan fingerprint density at radius 3 is 2.47 bits per heavy atom. The second-order valence-electron chi connectivity index (χ2n) is 4.41. The molecule has 0 saturated carbocycles. The predicted octanol–water partition coefficient (Wildman–Crippen LogP) is 1.62. The molecule has 0 bridgehead atoms. The molecule has 5 heteroatoms. The number of aromatic nitrogens is 2. The van der Waals surface area contributed by atoms with Gasteiger partial charge in [-0.15, -0.1) is 0 Å². The Bertz CT molecular complexity index is 650. The van der Waals surface area contributed by atoms with Gasteiger partial charge in [0.25, 0.3) is 0 Å². The van der Waals surface area contributed by atoms with Crippen molar-refractivity contribution in [2.45, 2.75) is 26.8 Å². The van der Waals surface area contributed by atoms with Gasteiger partial charge >= 0.3 is 11.7 Å². The van der Waals surface area contributed by atoms with Gasteiger partial charge in [0.2, 0.25) is 0 Å². The maximum atomic E-state index is 12.1. The Kier molecular flexibility index (Phi) is 2.53. The highest BCUT2D eigenvalue weighted by atomic mass is 16.2. The fraction of sp³-hybridized carbons (Fsp3) is 0.333. The molecule has 0 unspecified atom stereocenters. The summed E-state index contributed by atoms with van der Waals surface area (Å²) in [4.78, 5) is 23.4. The minimum Gasteiger partial charge on any atom is -0.351 e. The van der Waals surface area contributed by atoms with Crippen LogP contribution in [0.25, 0.3) is 11.0 Å². The van der Waals surface area contributed by atoms with Gasteiger partial charge in [0.1, 0.15) is 0 Å². The van der Waals surface area contributed by atoms with Crippen molar-refractivity contribution >= 4 is 17.1 Å². The molecule has 17 heavy (non-hydrogen) atoms. The lowest BCUT2D eigenvalue weighted by molar-refractivity contribution is 0.250. The number of hydrogen-bond acceptors (Lipinski definition) is 2. The van der Waals surface area contributed by atoms with Gasteiger partial charge in [0, 0.05) is 6.04 Å². The zero-order valence-electron chi connectivity index (χ0n) is 10.1. The number of amides is 1. The fourth-order valence-electron chi connectivity index (χ4n) is 2.04.